The van der Waals surface area contributed by atoms with E-state index in [1.807, 2.05) is 0 Å². The lowest BCUT2D eigenvalue weighted by Crippen LogP contribution is -2.01. The number of aliphatic hydroxyl groups excluding tert-OH is 1. The molecule has 0 aliphatic heterocycles. The molecule has 2 N–H and O–H groups in total. The summed E-state index contributed by atoms with van der Waals surface area (Å²) in [5, 5.41) is 18.0. The van der Waals surface area contributed by atoms with Crippen LogP contribution in [0.1, 0.15) is 23.1 Å². The number of halogens is 1. The monoisotopic (exact) mass is 187 g/mol. The minimum atomic E-state index is -1.55. The minimum Gasteiger partial charge on any atom is -0.364 e. The molecule has 0 aromatic carbocycles. The fourth-order valence-corrected chi connectivity index (χ4v) is 1.49. The van der Waals surface area contributed by atoms with Crippen LogP contribution in [0.3, 0.4) is 0 Å². The molecule has 0 unspecified atom stereocenters. The topological polar surface area (TPSA) is 53.4 Å². The van der Waals surface area contributed by atoms with E-state index in [0.717, 1.165) is 11.3 Å². The van der Waals surface area contributed by atoms with E-state index >= 15 is 0 Å². The van der Waals surface area contributed by atoms with Crippen molar-refractivity contribution in [3.05, 3.63) is 28.0 Å². The maximum absolute atomic E-state index is 8.91. The highest BCUT2D eigenvalue weighted by Crippen LogP contribution is 2.23. The Hall–Kier alpha value is -0.640. The second-order valence-corrected chi connectivity index (χ2v) is 3.02. The van der Waals surface area contributed by atoms with E-state index in [0.29, 0.717) is 0 Å². The second-order valence-electron chi connectivity index (χ2n) is 2.66. The molecular weight excluding hydrogens is 178 g/mol. The molecule has 0 aliphatic carbocycles. The van der Waals surface area contributed by atoms with Crippen molar-refractivity contribution in [1.82, 2.24) is 4.98 Å². The van der Waals surface area contributed by atoms with Gasteiger partial charge in [0.05, 0.1) is 0 Å². The van der Waals surface area contributed by atoms with Gasteiger partial charge < -0.3 is 10.2 Å². The molecule has 12 heavy (non-hydrogen) atoms. The third-order valence-corrected chi connectivity index (χ3v) is 1.89. The highest BCUT2D eigenvalue weighted by Gasteiger charge is 2.12. The van der Waals surface area contributed by atoms with Crippen molar-refractivity contribution in [1.29, 1.82) is 0 Å². The first kappa shape index (κ1) is 9.45. The molecule has 0 bridgehead atoms. The molecular formula is C8H10ClNO2. The zero-order chi connectivity index (χ0) is 9.30. The summed E-state index contributed by atoms with van der Waals surface area (Å²) in [6.45, 7) is 3.56. The molecule has 0 spiro atoms. The van der Waals surface area contributed by atoms with Crippen LogP contribution < -0.4 is 0 Å². The number of nitrogens with zero attached hydrogens (tertiary/aromatic N) is 1. The lowest BCUT2D eigenvalue weighted by atomic mass is 10.1. The molecule has 3 nitrogen and oxygen atoms in total. The molecule has 0 amide bonds. The summed E-state index contributed by atoms with van der Waals surface area (Å²) in [4.78, 5) is 3.90. The predicted octanol–water partition coefficient (Wildman–Crippen LogP) is 1.34. The molecule has 0 aliphatic rings. The minimum absolute atomic E-state index is 0.155. The van der Waals surface area contributed by atoms with E-state index in [2.05, 4.69) is 4.98 Å². The normalized spacial score (nSPS) is 10.8. The number of rotatable bonds is 1. The highest BCUT2D eigenvalue weighted by atomic mass is 35.5. The van der Waals surface area contributed by atoms with Crippen LogP contribution in [0.5, 0.6) is 0 Å². The summed E-state index contributed by atoms with van der Waals surface area (Å²) in [5.74, 6) is 0. The van der Waals surface area contributed by atoms with Crippen molar-refractivity contribution >= 4 is 11.6 Å². The van der Waals surface area contributed by atoms with Gasteiger partial charge in [-0.15, -0.1) is 0 Å². The van der Waals surface area contributed by atoms with Crippen LogP contribution in [0, 0.1) is 13.8 Å². The fraction of sp³-hybridized carbons (Fsp3) is 0.375. The molecule has 0 fully saturated rings. The van der Waals surface area contributed by atoms with Crippen molar-refractivity contribution in [2.45, 2.75) is 20.1 Å². The summed E-state index contributed by atoms with van der Waals surface area (Å²) >= 11 is 5.70. The molecule has 0 saturated heterocycles. The van der Waals surface area contributed by atoms with E-state index in [9.17, 15) is 0 Å². The van der Waals surface area contributed by atoms with Gasteiger partial charge in [0.25, 0.3) is 0 Å². The highest BCUT2D eigenvalue weighted by molar-refractivity contribution is 6.30. The SMILES string of the molecule is Cc1cc(C)c(C(O)O)c(Cl)n1. The lowest BCUT2D eigenvalue weighted by Gasteiger charge is -2.09. The third kappa shape index (κ3) is 1.75. The van der Waals surface area contributed by atoms with Gasteiger partial charge in [-0.1, -0.05) is 11.6 Å². The van der Waals surface area contributed by atoms with Crippen LogP contribution in [0.15, 0.2) is 6.07 Å². The van der Waals surface area contributed by atoms with Gasteiger partial charge in [-0.05, 0) is 25.5 Å². The largest absolute Gasteiger partial charge is 0.364 e. The summed E-state index contributed by atoms with van der Waals surface area (Å²) in [6, 6.07) is 1.75. The quantitative estimate of drug-likeness (QED) is 0.515. The zero-order valence-corrected chi connectivity index (χ0v) is 7.63. The van der Waals surface area contributed by atoms with Gasteiger partial charge in [-0.25, -0.2) is 4.98 Å². The Morgan fingerprint density at radius 2 is 2.00 bits per heavy atom. The smallest absolute Gasteiger partial charge is 0.181 e. The molecule has 1 heterocycles. The number of hydrogen-bond donors (Lipinski definition) is 2. The van der Waals surface area contributed by atoms with Crippen molar-refractivity contribution in [3.63, 3.8) is 0 Å². The van der Waals surface area contributed by atoms with Gasteiger partial charge in [-0.3, -0.25) is 0 Å². The first-order chi connectivity index (χ1) is 5.52. The van der Waals surface area contributed by atoms with Gasteiger partial charge in [0.2, 0.25) is 0 Å². The molecule has 1 aromatic rings. The van der Waals surface area contributed by atoms with Gasteiger partial charge in [0.15, 0.2) is 6.29 Å². The first-order valence-corrected chi connectivity index (χ1v) is 3.90. The molecule has 1 aromatic heterocycles. The van der Waals surface area contributed by atoms with Crippen LogP contribution in [0.2, 0.25) is 5.15 Å². The number of aliphatic hydroxyl groups is 2. The maximum atomic E-state index is 8.91. The van der Waals surface area contributed by atoms with E-state index in [4.69, 9.17) is 21.8 Å². The Balaban J connectivity index is 3.28. The van der Waals surface area contributed by atoms with E-state index in [-0.39, 0.29) is 10.7 Å². The van der Waals surface area contributed by atoms with E-state index < -0.39 is 6.29 Å². The molecule has 1 rings (SSSR count). The average Bonchev–Trinajstić information content (AvgIpc) is 1.82. The van der Waals surface area contributed by atoms with Crippen LogP contribution in [0.4, 0.5) is 0 Å². The fourth-order valence-electron chi connectivity index (χ4n) is 1.11. The summed E-state index contributed by atoms with van der Waals surface area (Å²) in [6.07, 6.45) is -1.55. The number of pyridine rings is 1. The number of aromatic nitrogens is 1. The van der Waals surface area contributed by atoms with E-state index in [1.54, 1.807) is 19.9 Å². The van der Waals surface area contributed by atoms with Crippen molar-refractivity contribution in [2.75, 3.05) is 0 Å². The summed E-state index contributed by atoms with van der Waals surface area (Å²) in [5.41, 5.74) is 1.78. The third-order valence-electron chi connectivity index (χ3n) is 1.61. The van der Waals surface area contributed by atoms with Crippen molar-refractivity contribution in [3.8, 4) is 0 Å². The Morgan fingerprint density at radius 3 is 2.42 bits per heavy atom. The Kier molecular flexibility index (Phi) is 2.67. The van der Waals surface area contributed by atoms with Crippen LogP contribution in [-0.4, -0.2) is 15.2 Å². The predicted molar refractivity (Wildman–Crippen MR) is 45.9 cm³/mol. The van der Waals surface area contributed by atoms with Crippen molar-refractivity contribution < 1.29 is 10.2 Å². The van der Waals surface area contributed by atoms with Gasteiger partial charge in [0.1, 0.15) is 5.15 Å². The lowest BCUT2D eigenvalue weighted by molar-refractivity contribution is -0.0430. The number of aryl methyl sites for hydroxylation is 2. The zero-order valence-electron chi connectivity index (χ0n) is 6.87. The van der Waals surface area contributed by atoms with Crippen molar-refractivity contribution in [2.24, 2.45) is 0 Å². The van der Waals surface area contributed by atoms with Crippen LogP contribution in [0.25, 0.3) is 0 Å². The molecule has 0 saturated carbocycles. The second kappa shape index (κ2) is 3.39. The van der Waals surface area contributed by atoms with Gasteiger partial charge in [0, 0.05) is 11.3 Å². The Labute approximate surface area is 75.6 Å². The van der Waals surface area contributed by atoms with Gasteiger partial charge >= 0.3 is 0 Å². The molecule has 66 valence electrons. The molecule has 4 heteroatoms. The van der Waals surface area contributed by atoms with Crippen LogP contribution >= 0.6 is 11.6 Å². The first-order valence-electron chi connectivity index (χ1n) is 3.52. The summed E-state index contributed by atoms with van der Waals surface area (Å²) < 4.78 is 0. The molecule has 0 radical (unpaired) electrons. The van der Waals surface area contributed by atoms with Crippen LogP contribution in [-0.2, 0) is 0 Å². The Morgan fingerprint density at radius 1 is 1.42 bits per heavy atom. The average molecular weight is 188 g/mol. The van der Waals surface area contributed by atoms with Gasteiger partial charge in [-0.2, -0.15) is 0 Å². The number of hydrogen-bond acceptors (Lipinski definition) is 3. The maximum Gasteiger partial charge on any atom is 0.181 e. The van der Waals surface area contributed by atoms with E-state index in [1.165, 1.54) is 0 Å². The standard InChI is InChI=1S/C8H10ClNO2/c1-4-3-5(2)10-7(9)6(4)8(11)12/h3,8,11-12H,1-2H3. The molecule has 0 atom stereocenters. The Bertz CT molecular complexity index is 276. The summed E-state index contributed by atoms with van der Waals surface area (Å²) in [7, 11) is 0.